The number of hydrogen-bond donors (Lipinski definition) is 4. The molecular formula is C22H27NO6. The van der Waals surface area contributed by atoms with E-state index in [1.807, 2.05) is 0 Å². The number of phenolic OH excluding ortho intramolecular Hbond substituents is 1. The number of ether oxygens (including phenoxy) is 1. The number of ketones is 1. The Kier molecular flexibility index (Phi) is 6.39. The number of fused-ring (bicyclic) bond motifs is 1. The topological polar surface area (TPSA) is 116 Å². The van der Waals surface area contributed by atoms with Gasteiger partial charge in [0.1, 0.15) is 23.5 Å². The number of nitrogens with one attached hydrogen (secondary N) is 1. The van der Waals surface area contributed by atoms with Gasteiger partial charge in [0.2, 0.25) is 0 Å². The average molecular weight is 401 g/mol. The van der Waals surface area contributed by atoms with Gasteiger partial charge in [0.15, 0.2) is 5.78 Å². The van der Waals surface area contributed by atoms with E-state index >= 15 is 0 Å². The average Bonchev–Trinajstić information content (AvgIpc) is 3.47. The van der Waals surface area contributed by atoms with Crippen molar-refractivity contribution < 1.29 is 29.6 Å². The highest BCUT2D eigenvalue weighted by molar-refractivity contribution is 5.97. The van der Waals surface area contributed by atoms with Gasteiger partial charge in [-0.3, -0.25) is 4.79 Å². The van der Waals surface area contributed by atoms with Gasteiger partial charge in [0, 0.05) is 23.7 Å². The van der Waals surface area contributed by atoms with Crippen LogP contribution in [0, 0.1) is 5.92 Å². The molecule has 2 aliphatic rings. The lowest BCUT2D eigenvalue weighted by Crippen LogP contribution is -2.32. The summed E-state index contributed by atoms with van der Waals surface area (Å²) in [6, 6.07) is 3.59. The minimum atomic E-state index is -1.54. The molecule has 7 heteroatoms. The van der Waals surface area contributed by atoms with Crippen molar-refractivity contribution >= 4 is 23.5 Å². The zero-order valence-electron chi connectivity index (χ0n) is 16.5. The standard InChI is InChI=1S/C22H27NO6/c1-12-6-9-18(25)21(27)17(24)5-3-4-14-10-16(23-15-7-8-15)11-19(26)20(14)22(28)29-13(12)2/h3-4,6,9-13,15,17,21,23-24,26-27H,5,7-8H2,1-2H3/b4-3+,9-6-/t12-,13+,17+,21+/m1/s1. The summed E-state index contributed by atoms with van der Waals surface area (Å²) in [7, 11) is 0. The first-order valence-corrected chi connectivity index (χ1v) is 9.85. The Morgan fingerprint density at radius 3 is 2.52 bits per heavy atom. The summed E-state index contributed by atoms with van der Waals surface area (Å²) >= 11 is 0. The van der Waals surface area contributed by atoms with Crippen LogP contribution in [0.3, 0.4) is 0 Å². The molecule has 0 saturated heterocycles. The second kappa shape index (κ2) is 8.80. The first kappa shape index (κ1) is 21.1. The first-order valence-electron chi connectivity index (χ1n) is 9.85. The zero-order valence-corrected chi connectivity index (χ0v) is 16.5. The summed E-state index contributed by atoms with van der Waals surface area (Å²) in [5.74, 6) is -1.79. The minimum Gasteiger partial charge on any atom is -0.507 e. The van der Waals surface area contributed by atoms with E-state index in [4.69, 9.17) is 4.74 Å². The largest absolute Gasteiger partial charge is 0.507 e. The number of anilines is 1. The third kappa shape index (κ3) is 5.25. The Bertz CT molecular complexity index is 842. The fraction of sp³-hybridized carbons (Fsp3) is 0.455. The van der Waals surface area contributed by atoms with Gasteiger partial charge in [-0.15, -0.1) is 0 Å². The monoisotopic (exact) mass is 401 g/mol. The highest BCUT2D eigenvalue weighted by Crippen LogP contribution is 2.32. The fourth-order valence-corrected chi connectivity index (χ4v) is 3.04. The quantitative estimate of drug-likeness (QED) is 0.562. The van der Waals surface area contributed by atoms with Gasteiger partial charge in [-0.25, -0.2) is 4.79 Å². The lowest BCUT2D eigenvalue weighted by molar-refractivity contribution is -0.127. The zero-order chi connectivity index (χ0) is 21.1. The molecule has 1 aliphatic heterocycles. The Morgan fingerprint density at radius 2 is 1.83 bits per heavy atom. The molecule has 0 bridgehead atoms. The maximum Gasteiger partial charge on any atom is 0.342 e. The maximum absolute atomic E-state index is 12.8. The van der Waals surface area contributed by atoms with Crippen molar-refractivity contribution in [3.63, 3.8) is 0 Å². The number of cyclic esters (lactones) is 1. The van der Waals surface area contributed by atoms with Crippen LogP contribution < -0.4 is 5.32 Å². The highest BCUT2D eigenvalue weighted by Gasteiger charge is 2.26. The number of carbonyl (C=O) groups excluding carboxylic acids is 2. The number of esters is 1. The summed E-state index contributed by atoms with van der Waals surface area (Å²) in [5, 5.41) is 33.9. The number of phenols is 1. The van der Waals surface area contributed by atoms with Crippen LogP contribution in [0.15, 0.2) is 30.4 Å². The lowest BCUT2D eigenvalue weighted by Gasteiger charge is -2.20. The van der Waals surface area contributed by atoms with E-state index in [0.717, 1.165) is 12.8 Å². The second-order valence-corrected chi connectivity index (χ2v) is 7.76. The predicted octanol–water partition coefficient (Wildman–Crippen LogP) is 2.41. The second-order valence-electron chi connectivity index (χ2n) is 7.76. The summed E-state index contributed by atoms with van der Waals surface area (Å²) in [4.78, 5) is 24.8. The number of benzene rings is 1. The third-order valence-corrected chi connectivity index (χ3v) is 5.23. The third-order valence-electron chi connectivity index (χ3n) is 5.23. The highest BCUT2D eigenvalue weighted by atomic mass is 16.5. The molecule has 1 aromatic rings. The summed E-state index contributed by atoms with van der Waals surface area (Å²) in [6.45, 7) is 3.45. The molecule has 0 radical (unpaired) electrons. The van der Waals surface area contributed by atoms with E-state index in [-0.39, 0.29) is 23.7 Å². The molecular weight excluding hydrogens is 374 g/mol. The predicted molar refractivity (Wildman–Crippen MR) is 109 cm³/mol. The molecule has 1 heterocycles. The van der Waals surface area contributed by atoms with Crippen LogP contribution in [0.5, 0.6) is 5.75 Å². The summed E-state index contributed by atoms with van der Waals surface area (Å²) in [5.41, 5.74) is 1.15. The molecule has 3 rings (SSSR count). The smallest absolute Gasteiger partial charge is 0.342 e. The number of rotatable bonds is 2. The molecule has 1 aromatic carbocycles. The van der Waals surface area contributed by atoms with Crippen molar-refractivity contribution in [3.05, 3.63) is 41.5 Å². The molecule has 4 atom stereocenters. The lowest BCUT2D eigenvalue weighted by atomic mass is 9.99. The van der Waals surface area contributed by atoms with E-state index < -0.39 is 30.1 Å². The van der Waals surface area contributed by atoms with Gasteiger partial charge in [-0.05, 0) is 43.9 Å². The number of aliphatic hydroxyl groups excluding tert-OH is 2. The summed E-state index contributed by atoms with van der Waals surface area (Å²) in [6.07, 6.45) is 4.56. The molecule has 7 nitrogen and oxygen atoms in total. The first-order chi connectivity index (χ1) is 13.8. The van der Waals surface area contributed by atoms with Crippen molar-refractivity contribution in [2.45, 2.75) is 57.5 Å². The number of hydrogen-bond acceptors (Lipinski definition) is 7. The van der Waals surface area contributed by atoms with E-state index in [0.29, 0.717) is 17.3 Å². The van der Waals surface area contributed by atoms with Crippen LogP contribution in [0.25, 0.3) is 6.08 Å². The van der Waals surface area contributed by atoms with Crippen LogP contribution in [0.4, 0.5) is 5.69 Å². The van der Waals surface area contributed by atoms with Gasteiger partial charge in [0.25, 0.3) is 0 Å². The van der Waals surface area contributed by atoms with Crippen LogP contribution in [0.2, 0.25) is 0 Å². The molecule has 0 unspecified atom stereocenters. The van der Waals surface area contributed by atoms with Crippen LogP contribution in [-0.2, 0) is 9.53 Å². The van der Waals surface area contributed by atoms with Crippen molar-refractivity contribution in [2.75, 3.05) is 5.32 Å². The molecule has 1 saturated carbocycles. The van der Waals surface area contributed by atoms with Crippen LogP contribution in [0.1, 0.15) is 49.0 Å². The maximum atomic E-state index is 12.8. The van der Waals surface area contributed by atoms with Crippen molar-refractivity contribution in [1.29, 1.82) is 0 Å². The van der Waals surface area contributed by atoms with E-state index in [1.165, 1.54) is 18.2 Å². The van der Waals surface area contributed by atoms with Gasteiger partial charge in [-0.1, -0.05) is 25.2 Å². The van der Waals surface area contributed by atoms with E-state index in [1.54, 1.807) is 32.1 Å². The minimum absolute atomic E-state index is 0.00222. The SMILES string of the molecule is C[C@@H]1/C=C\C(=O)[C@@H](O)[C@@H](O)C/C=C/c2cc(NC3CC3)cc(O)c2C(=O)O[C@H]1C. The molecule has 156 valence electrons. The molecule has 4 N–H and O–H groups in total. The van der Waals surface area contributed by atoms with Gasteiger partial charge >= 0.3 is 5.97 Å². The Hall–Kier alpha value is -2.64. The van der Waals surface area contributed by atoms with Gasteiger partial charge in [-0.2, -0.15) is 0 Å². The number of aromatic hydroxyl groups is 1. The van der Waals surface area contributed by atoms with E-state index in [9.17, 15) is 24.9 Å². The van der Waals surface area contributed by atoms with E-state index in [2.05, 4.69) is 5.32 Å². The Balaban J connectivity index is 1.98. The van der Waals surface area contributed by atoms with Crippen LogP contribution in [-0.4, -0.2) is 51.4 Å². The molecule has 1 fully saturated rings. The summed E-state index contributed by atoms with van der Waals surface area (Å²) < 4.78 is 5.50. The van der Waals surface area contributed by atoms with Crippen LogP contribution >= 0.6 is 0 Å². The Morgan fingerprint density at radius 1 is 1.10 bits per heavy atom. The fourth-order valence-electron chi connectivity index (χ4n) is 3.04. The number of aliphatic hydroxyl groups is 2. The molecule has 29 heavy (non-hydrogen) atoms. The normalized spacial score (nSPS) is 30.6. The van der Waals surface area contributed by atoms with Crippen molar-refractivity contribution in [3.8, 4) is 5.75 Å². The van der Waals surface area contributed by atoms with Gasteiger partial charge in [0.05, 0.1) is 6.10 Å². The molecule has 0 amide bonds. The van der Waals surface area contributed by atoms with Gasteiger partial charge < -0.3 is 25.4 Å². The molecule has 0 aromatic heterocycles. The number of carbonyl (C=O) groups is 2. The molecule has 1 aliphatic carbocycles. The van der Waals surface area contributed by atoms with Crippen molar-refractivity contribution in [2.24, 2.45) is 5.92 Å². The molecule has 0 spiro atoms. The Labute approximate surface area is 169 Å². The van der Waals surface area contributed by atoms with Crippen molar-refractivity contribution in [1.82, 2.24) is 0 Å².